The average molecular weight is 470 g/mol. The van der Waals surface area contributed by atoms with Gasteiger partial charge in [-0.25, -0.2) is 0 Å². The number of halogens is 1. The van der Waals surface area contributed by atoms with E-state index < -0.39 is 0 Å². The van der Waals surface area contributed by atoms with Crippen molar-refractivity contribution in [3.8, 4) is 23.8 Å². The van der Waals surface area contributed by atoms with Gasteiger partial charge in [-0.05, 0) is 72.4 Å². The number of likely N-dealkylation sites (N-methyl/N-ethyl adjacent to an activating group) is 2. The summed E-state index contributed by atoms with van der Waals surface area (Å²) in [6, 6.07) is 3.75. The lowest BCUT2D eigenvalue weighted by molar-refractivity contribution is -0.122. The minimum Gasteiger partial charge on any atom is -0.490 e. The molecule has 0 atom stereocenters. The van der Waals surface area contributed by atoms with Gasteiger partial charge in [0.15, 0.2) is 16.6 Å². The normalized spacial score (nSPS) is 15.7. The fourth-order valence-corrected chi connectivity index (χ4v) is 3.53. The second-order valence-electron chi connectivity index (χ2n) is 5.18. The lowest BCUT2D eigenvalue weighted by atomic mass is 10.1. The van der Waals surface area contributed by atoms with E-state index in [1.807, 2.05) is 26.0 Å². The molecule has 1 amide bonds. The van der Waals surface area contributed by atoms with E-state index in [4.69, 9.17) is 28.1 Å². The first-order valence-corrected chi connectivity index (χ1v) is 9.27. The molecule has 5 nitrogen and oxygen atoms in total. The van der Waals surface area contributed by atoms with Gasteiger partial charge < -0.3 is 14.4 Å². The van der Waals surface area contributed by atoms with Gasteiger partial charge in [-0.1, -0.05) is 5.92 Å². The van der Waals surface area contributed by atoms with Crippen molar-refractivity contribution in [1.29, 1.82) is 0 Å². The highest BCUT2D eigenvalue weighted by Crippen LogP contribution is 2.35. The van der Waals surface area contributed by atoms with Crippen molar-refractivity contribution in [2.75, 3.05) is 26.8 Å². The van der Waals surface area contributed by atoms with Gasteiger partial charge >= 0.3 is 0 Å². The van der Waals surface area contributed by atoms with Crippen LogP contribution in [0.15, 0.2) is 17.8 Å². The summed E-state index contributed by atoms with van der Waals surface area (Å²) in [5, 5.41) is 0.507. The standard InChI is InChI=1S/C18H19IN2O3S/c1-5-8-24-16-13(19)9-12(11-15(16)23-7-3)10-14-17(22)21(6-2)18(25)20(14)4/h1,9-11H,6-8H2,2-4H3. The molecule has 1 aromatic carbocycles. The average Bonchev–Trinajstić information content (AvgIpc) is 2.78. The van der Waals surface area contributed by atoms with Gasteiger partial charge in [0.05, 0.1) is 10.2 Å². The molecule has 1 heterocycles. The summed E-state index contributed by atoms with van der Waals surface area (Å²) >= 11 is 7.49. The fourth-order valence-electron chi connectivity index (χ4n) is 2.44. The maximum Gasteiger partial charge on any atom is 0.276 e. The molecule has 0 bridgehead atoms. The van der Waals surface area contributed by atoms with Gasteiger partial charge in [0, 0.05) is 13.6 Å². The molecule has 1 fully saturated rings. The Morgan fingerprint density at radius 3 is 2.64 bits per heavy atom. The third-order valence-electron chi connectivity index (χ3n) is 3.59. The monoisotopic (exact) mass is 470 g/mol. The summed E-state index contributed by atoms with van der Waals surface area (Å²) in [7, 11) is 1.79. The molecule has 0 aliphatic carbocycles. The Hall–Kier alpha value is -1.79. The van der Waals surface area contributed by atoms with Crippen LogP contribution in [0.4, 0.5) is 0 Å². The van der Waals surface area contributed by atoms with Crippen LogP contribution in [0.3, 0.4) is 0 Å². The molecule has 0 aromatic heterocycles. The Labute approximate surface area is 167 Å². The minimum absolute atomic E-state index is 0.101. The Bertz CT molecular complexity index is 770. The third kappa shape index (κ3) is 4.07. The number of hydrogen-bond donors (Lipinski definition) is 0. The molecule has 2 rings (SSSR count). The van der Waals surface area contributed by atoms with Crippen molar-refractivity contribution >= 4 is 51.9 Å². The zero-order valence-electron chi connectivity index (χ0n) is 14.3. The van der Waals surface area contributed by atoms with Gasteiger partial charge in [-0.2, -0.15) is 0 Å². The van der Waals surface area contributed by atoms with E-state index >= 15 is 0 Å². The van der Waals surface area contributed by atoms with Crippen LogP contribution in [-0.2, 0) is 4.79 Å². The van der Waals surface area contributed by atoms with Crippen molar-refractivity contribution in [2.45, 2.75) is 13.8 Å². The molecule has 1 aromatic rings. The third-order valence-corrected chi connectivity index (χ3v) is 4.89. The van der Waals surface area contributed by atoms with Crippen molar-refractivity contribution in [1.82, 2.24) is 9.80 Å². The molecule has 25 heavy (non-hydrogen) atoms. The number of carbonyl (C=O) groups excluding carboxylic acids is 1. The Kier molecular flexibility index (Phi) is 6.67. The molecule has 0 saturated carbocycles. The predicted octanol–water partition coefficient (Wildman–Crippen LogP) is 3.12. The van der Waals surface area contributed by atoms with Crippen molar-refractivity contribution in [2.24, 2.45) is 0 Å². The quantitative estimate of drug-likeness (QED) is 0.277. The van der Waals surface area contributed by atoms with Gasteiger partial charge in [-0.3, -0.25) is 9.69 Å². The highest BCUT2D eigenvalue weighted by molar-refractivity contribution is 14.1. The van der Waals surface area contributed by atoms with Crippen molar-refractivity contribution in [3.05, 3.63) is 27.0 Å². The van der Waals surface area contributed by atoms with Crippen LogP contribution in [0.1, 0.15) is 19.4 Å². The predicted molar refractivity (Wildman–Crippen MR) is 110 cm³/mol. The minimum atomic E-state index is -0.101. The van der Waals surface area contributed by atoms with E-state index in [0.717, 1.165) is 9.13 Å². The summed E-state index contributed by atoms with van der Waals surface area (Å²) in [5.74, 6) is 3.56. The molecule has 1 saturated heterocycles. The Balaban J connectivity index is 2.45. The number of rotatable bonds is 6. The molecular weight excluding hydrogens is 451 g/mol. The second kappa shape index (κ2) is 8.54. The van der Waals surface area contributed by atoms with Crippen LogP contribution in [0.2, 0.25) is 0 Å². The number of amides is 1. The Morgan fingerprint density at radius 2 is 2.08 bits per heavy atom. The van der Waals surface area contributed by atoms with E-state index in [1.165, 1.54) is 0 Å². The highest BCUT2D eigenvalue weighted by Gasteiger charge is 2.34. The maximum absolute atomic E-state index is 12.5. The largest absolute Gasteiger partial charge is 0.490 e. The van der Waals surface area contributed by atoms with Gasteiger partial charge in [-0.15, -0.1) is 6.42 Å². The Morgan fingerprint density at radius 1 is 1.36 bits per heavy atom. The fraction of sp³-hybridized carbons (Fsp3) is 0.333. The molecule has 0 radical (unpaired) electrons. The van der Waals surface area contributed by atoms with Crippen LogP contribution < -0.4 is 9.47 Å². The molecule has 1 aliphatic heterocycles. The summed E-state index contributed by atoms with van der Waals surface area (Å²) in [6.07, 6.45) is 7.08. The number of carbonyl (C=O) groups is 1. The first-order chi connectivity index (χ1) is 11.9. The van der Waals surface area contributed by atoms with E-state index in [-0.39, 0.29) is 12.5 Å². The SMILES string of the molecule is C#CCOc1c(I)cc(C=C2C(=O)N(CC)C(=S)N2C)cc1OCC. The maximum atomic E-state index is 12.5. The van der Waals surface area contributed by atoms with Crippen LogP contribution in [-0.4, -0.2) is 47.6 Å². The first kappa shape index (κ1) is 19.5. The highest BCUT2D eigenvalue weighted by atomic mass is 127. The smallest absolute Gasteiger partial charge is 0.276 e. The van der Waals surface area contributed by atoms with Crippen LogP contribution in [0.25, 0.3) is 6.08 Å². The summed E-state index contributed by atoms with van der Waals surface area (Å²) in [6.45, 7) is 5.00. The van der Waals surface area contributed by atoms with E-state index in [1.54, 1.807) is 22.9 Å². The zero-order chi connectivity index (χ0) is 18.6. The molecule has 0 unspecified atom stereocenters. The van der Waals surface area contributed by atoms with Crippen molar-refractivity contribution in [3.63, 3.8) is 0 Å². The van der Waals surface area contributed by atoms with E-state index in [2.05, 4.69) is 28.5 Å². The second-order valence-corrected chi connectivity index (χ2v) is 6.70. The molecule has 0 N–H and O–H groups in total. The topological polar surface area (TPSA) is 42.0 Å². The molecule has 7 heteroatoms. The summed E-state index contributed by atoms with van der Waals surface area (Å²) in [5.41, 5.74) is 1.36. The molecule has 0 spiro atoms. The van der Waals surface area contributed by atoms with Gasteiger partial charge in [0.25, 0.3) is 5.91 Å². The molecular formula is C18H19IN2O3S. The molecule has 1 aliphatic rings. The van der Waals surface area contributed by atoms with Crippen LogP contribution in [0, 0.1) is 15.9 Å². The van der Waals surface area contributed by atoms with E-state index in [0.29, 0.717) is 35.5 Å². The molecule has 132 valence electrons. The first-order valence-electron chi connectivity index (χ1n) is 7.78. The number of ether oxygens (including phenoxy) is 2. The zero-order valence-corrected chi connectivity index (χ0v) is 17.3. The number of nitrogens with zero attached hydrogens (tertiary/aromatic N) is 2. The van der Waals surface area contributed by atoms with Crippen LogP contribution >= 0.6 is 34.8 Å². The number of benzene rings is 1. The van der Waals surface area contributed by atoms with E-state index in [9.17, 15) is 4.79 Å². The summed E-state index contributed by atoms with van der Waals surface area (Å²) in [4.78, 5) is 15.8. The summed E-state index contributed by atoms with van der Waals surface area (Å²) < 4.78 is 12.1. The van der Waals surface area contributed by atoms with Crippen molar-refractivity contribution < 1.29 is 14.3 Å². The lowest BCUT2D eigenvalue weighted by Gasteiger charge is -2.14. The number of terminal acetylenes is 1. The van der Waals surface area contributed by atoms with Gasteiger partial charge in [0.1, 0.15) is 12.3 Å². The van der Waals surface area contributed by atoms with Gasteiger partial charge in [0.2, 0.25) is 0 Å². The number of thiocarbonyl (C=S) groups is 1. The lowest BCUT2D eigenvalue weighted by Crippen LogP contribution is -2.30. The number of hydrogen-bond acceptors (Lipinski definition) is 4. The van der Waals surface area contributed by atoms with Crippen LogP contribution in [0.5, 0.6) is 11.5 Å².